The molecule has 0 amide bonds. The van der Waals surface area contributed by atoms with Crippen molar-refractivity contribution in [2.24, 2.45) is 23.9 Å². The largest absolute Gasteiger partial charge is 0.370 e. The minimum Gasteiger partial charge on any atom is -0.370 e. The first kappa shape index (κ1) is 23.4. The number of aliphatic imine (C=N–C) groups is 1. The van der Waals surface area contributed by atoms with Crippen LogP contribution in [0.25, 0.3) is 0 Å². The van der Waals surface area contributed by atoms with Crippen molar-refractivity contribution in [2.75, 3.05) is 52.9 Å². The third-order valence-electron chi connectivity index (χ3n) is 5.55. The maximum Gasteiger partial charge on any atom is 0.193 e. The van der Waals surface area contributed by atoms with Crippen molar-refractivity contribution >= 4 is 29.9 Å². The highest BCUT2D eigenvalue weighted by molar-refractivity contribution is 14.0. The van der Waals surface area contributed by atoms with Crippen molar-refractivity contribution in [3.05, 3.63) is 18.0 Å². The highest BCUT2D eigenvalue weighted by Gasteiger charge is 2.25. The molecule has 3 heterocycles. The van der Waals surface area contributed by atoms with E-state index in [1.165, 1.54) is 26.1 Å². The van der Waals surface area contributed by atoms with E-state index < -0.39 is 0 Å². The molecule has 2 aliphatic heterocycles. The average Bonchev–Trinajstić information content (AvgIpc) is 3.08. The summed E-state index contributed by atoms with van der Waals surface area (Å²) in [5.41, 5.74) is 1.13. The predicted octanol–water partition coefficient (Wildman–Crippen LogP) is 2.35. The highest BCUT2D eigenvalue weighted by atomic mass is 127. The zero-order valence-corrected chi connectivity index (χ0v) is 20.1. The van der Waals surface area contributed by atoms with E-state index in [1.54, 1.807) is 0 Å². The van der Waals surface area contributed by atoms with E-state index in [-0.39, 0.29) is 30.1 Å². The Morgan fingerprint density at radius 1 is 1.29 bits per heavy atom. The maximum atomic E-state index is 5.94. The topological polar surface area (TPSA) is 57.9 Å². The van der Waals surface area contributed by atoms with Gasteiger partial charge in [0.25, 0.3) is 0 Å². The van der Waals surface area contributed by atoms with Gasteiger partial charge in [-0.05, 0) is 31.2 Å². The van der Waals surface area contributed by atoms with Crippen molar-refractivity contribution in [1.29, 1.82) is 0 Å². The summed E-state index contributed by atoms with van der Waals surface area (Å²) in [4.78, 5) is 9.41. The summed E-state index contributed by atoms with van der Waals surface area (Å²) in [5.74, 6) is 2.63. The second-order valence-electron chi connectivity index (χ2n) is 8.29. The molecule has 2 fully saturated rings. The Balaban J connectivity index is 0.00000280. The fraction of sp³-hybridized carbons (Fsp3) is 0.800. The summed E-state index contributed by atoms with van der Waals surface area (Å²) in [5, 5.41) is 7.82. The Morgan fingerprint density at radius 3 is 2.68 bits per heavy atom. The van der Waals surface area contributed by atoms with Crippen LogP contribution in [0, 0.1) is 11.8 Å². The number of rotatable bonds is 5. The Bertz CT molecular complexity index is 612. The van der Waals surface area contributed by atoms with E-state index in [1.807, 2.05) is 31.2 Å². The zero-order valence-electron chi connectivity index (χ0n) is 17.8. The third kappa shape index (κ3) is 6.59. The minimum atomic E-state index is 0. The van der Waals surface area contributed by atoms with E-state index in [0.717, 1.165) is 49.4 Å². The van der Waals surface area contributed by atoms with Crippen LogP contribution < -0.4 is 5.32 Å². The molecule has 0 bridgehead atoms. The SMILES string of the molecule is CN=C(NCCCN1CC(C)CC(C)C1)N1CCOC(c2cnn(C)c2)C1.I. The summed E-state index contributed by atoms with van der Waals surface area (Å²) < 4.78 is 7.77. The number of halogens is 1. The first-order valence-corrected chi connectivity index (χ1v) is 10.3. The minimum absolute atomic E-state index is 0. The van der Waals surface area contributed by atoms with E-state index in [9.17, 15) is 0 Å². The number of hydrogen-bond acceptors (Lipinski definition) is 4. The van der Waals surface area contributed by atoms with Crippen LogP contribution in [-0.4, -0.2) is 78.5 Å². The van der Waals surface area contributed by atoms with E-state index in [4.69, 9.17) is 4.74 Å². The predicted molar refractivity (Wildman–Crippen MR) is 124 cm³/mol. The quantitative estimate of drug-likeness (QED) is 0.289. The van der Waals surface area contributed by atoms with Gasteiger partial charge in [0.2, 0.25) is 0 Å². The van der Waals surface area contributed by atoms with Crippen molar-refractivity contribution < 1.29 is 4.74 Å². The van der Waals surface area contributed by atoms with Crippen LogP contribution in [0.1, 0.15) is 38.4 Å². The van der Waals surface area contributed by atoms with Gasteiger partial charge in [-0.2, -0.15) is 5.10 Å². The number of ether oxygens (including phenoxy) is 1. The molecular formula is C20H37IN6O. The second-order valence-corrected chi connectivity index (χ2v) is 8.29. The molecule has 8 heteroatoms. The summed E-state index contributed by atoms with van der Waals surface area (Å²) in [6.07, 6.45) is 6.50. The molecule has 1 aromatic rings. The molecule has 0 aromatic carbocycles. The fourth-order valence-electron chi connectivity index (χ4n) is 4.46. The van der Waals surface area contributed by atoms with Crippen LogP contribution in [0.3, 0.4) is 0 Å². The van der Waals surface area contributed by atoms with Crippen molar-refractivity contribution in [1.82, 2.24) is 24.9 Å². The van der Waals surface area contributed by atoms with E-state index in [0.29, 0.717) is 6.61 Å². The summed E-state index contributed by atoms with van der Waals surface area (Å²) in [6.45, 7) is 11.8. The van der Waals surface area contributed by atoms with Crippen molar-refractivity contribution in [3.63, 3.8) is 0 Å². The molecule has 2 saturated heterocycles. The summed E-state index contributed by atoms with van der Waals surface area (Å²) >= 11 is 0. The van der Waals surface area contributed by atoms with Crippen LogP contribution in [0.2, 0.25) is 0 Å². The van der Waals surface area contributed by atoms with Crippen LogP contribution in [0.5, 0.6) is 0 Å². The molecule has 2 aliphatic rings. The molecule has 0 saturated carbocycles. The number of nitrogens with zero attached hydrogens (tertiary/aromatic N) is 5. The average molecular weight is 504 g/mol. The summed E-state index contributed by atoms with van der Waals surface area (Å²) in [6, 6.07) is 0. The molecule has 160 valence electrons. The molecule has 7 nitrogen and oxygen atoms in total. The zero-order chi connectivity index (χ0) is 19.2. The van der Waals surface area contributed by atoms with Gasteiger partial charge in [-0.1, -0.05) is 13.8 Å². The lowest BCUT2D eigenvalue weighted by Gasteiger charge is -2.36. The van der Waals surface area contributed by atoms with Crippen LogP contribution in [0.4, 0.5) is 0 Å². The normalized spacial score (nSPS) is 26.8. The van der Waals surface area contributed by atoms with Crippen LogP contribution in [-0.2, 0) is 11.8 Å². The Labute approximate surface area is 186 Å². The van der Waals surface area contributed by atoms with E-state index in [2.05, 4.69) is 39.1 Å². The monoisotopic (exact) mass is 504 g/mol. The van der Waals surface area contributed by atoms with Gasteiger partial charge >= 0.3 is 0 Å². The van der Waals surface area contributed by atoms with Gasteiger partial charge in [-0.15, -0.1) is 24.0 Å². The lowest BCUT2D eigenvalue weighted by molar-refractivity contribution is -0.00803. The number of morpholine rings is 1. The molecule has 0 aliphatic carbocycles. The third-order valence-corrected chi connectivity index (χ3v) is 5.55. The molecule has 3 atom stereocenters. The molecule has 0 spiro atoms. The smallest absolute Gasteiger partial charge is 0.193 e. The molecule has 1 aromatic heterocycles. The number of aromatic nitrogens is 2. The molecule has 3 rings (SSSR count). The Hall–Kier alpha value is -0.870. The Morgan fingerprint density at radius 2 is 2.04 bits per heavy atom. The van der Waals surface area contributed by atoms with Crippen molar-refractivity contribution in [3.8, 4) is 0 Å². The first-order valence-electron chi connectivity index (χ1n) is 10.3. The first-order chi connectivity index (χ1) is 13.0. The fourth-order valence-corrected chi connectivity index (χ4v) is 4.46. The van der Waals surface area contributed by atoms with Gasteiger partial charge < -0.3 is 19.9 Å². The molecule has 3 unspecified atom stereocenters. The highest BCUT2D eigenvalue weighted by Crippen LogP contribution is 2.22. The molecule has 1 N–H and O–H groups in total. The summed E-state index contributed by atoms with van der Waals surface area (Å²) in [7, 11) is 3.80. The van der Waals surface area contributed by atoms with Gasteiger partial charge in [0.15, 0.2) is 5.96 Å². The van der Waals surface area contributed by atoms with Crippen LogP contribution >= 0.6 is 24.0 Å². The molecule has 0 radical (unpaired) electrons. The van der Waals surface area contributed by atoms with Gasteiger partial charge in [-0.3, -0.25) is 9.67 Å². The molecule has 28 heavy (non-hydrogen) atoms. The lowest BCUT2D eigenvalue weighted by atomic mass is 9.92. The lowest BCUT2D eigenvalue weighted by Crippen LogP contribution is -2.48. The van der Waals surface area contributed by atoms with Gasteiger partial charge in [0.1, 0.15) is 6.10 Å². The Kier molecular flexibility index (Phi) is 9.49. The maximum absolute atomic E-state index is 5.94. The van der Waals surface area contributed by atoms with Crippen molar-refractivity contribution in [2.45, 2.75) is 32.8 Å². The number of guanidine groups is 1. The number of aryl methyl sites for hydroxylation is 1. The number of nitrogens with one attached hydrogen (secondary N) is 1. The van der Waals surface area contributed by atoms with Gasteiger partial charge in [0.05, 0.1) is 19.3 Å². The molecular weight excluding hydrogens is 467 g/mol. The van der Waals surface area contributed by atoms with Gasteiger partial charge in [-0.25, -0.2) is 0 Å². The van der Waals surface area contributed by atoms with Gasteiger partial charge in [0, 0.05) is 52.0 Å². The number of piperidine rings is 1. The number of hydrogen-bond donors (Lipinski definition) is 1. The second kappa shape index (κ2) is 11.3. The standard InChI is InChI=1S/C20H36N6O.HI/c1-16-10-17(2)13-25(12-16)7-5-6-22-20(21-3)26-8-9-27-19(15-26)18-11-23-24(4)14-18;/h11,14,16-17,19H,5-10,12-13,15H2,1-4H3,(H,21,22);1H. The van der Waals surface area contributed by atoms with E-state index >= 15 is 0 Å². The van der Waals surface area contributed by atoms with Crippen LogP contribution in [0.15, 0.2) is 17.4 Å². The number of likely N-dealkylation sites (tertiary alicyclic amines) is 1.